The Bertz CT molecular complexity index is 1370. The van der Waals surface area contributed by atoms with E-state index in [1.807, 2.05) is 60.7 Å². The Morgan fingerprint density at radius 3 is 1.23 bits per heavy atom. The molecule has 2 aliphatic heterocycles. The molecule has 0 unspecified atom stereocenters. The van der Waals surface area contributed by atoms with Crippen LogP contribution in [0.1, 0.15) is 52.7 Å². The normalized spacial score (nSPS) is 37.0. The van der Waals surface area contributed by atoms with Crippen molar-refractivity contribution in [3.8, 4) is 0 Å². The van der Waals surface area contributed by atoms with Crippen LogP contribution in [0.15, 0.2) is 85.0 Å². The summed E-state index contributed by atoms with van der Waals surface area (Å²) in [5.41, 5.74) is -6.55. The van der Waals surface area contributed by atoms with Gasteiger partial charge in [0.2, 0.25) is 0 Å². The average Bonchev–Trinajstić information content (AvgIpc) is 3.54. The van der Waals surface area contributed by atoms with Crippen LogP contribution in [0.3, 0.4) is 0 Å². The highest BCUT2D eigenvalue weighted by Gasteiger charge is 2.74. The standard InChI is InChI=1S/2C18H22F2O4/c2*1-15(2)23-12-17(24-15)16(3,21)14(9-10-18(17,19)20)22-11-13-7-5-4-6-8-13/h2*4-10,14,21H,11-12H2,1-3H3/t2*14-,16+,17+/m10/s1. The van der Waals surface area contributed by atoms with E-state index in [4.69, 9.17) is 28.4 Å². The smallest absolute Gasteiger partial charge is 0.300 e. The van der Waals surface area contributed by atoms with Crippen molar-refractivity contribution in [2.75, 3.05) is 13.2 Å². The van der Waals surface area contributed by atoms with Gasteiger partial charge in [-0.3, -0.25) is 0 Å². The van der Waals surface area contributed by atoms with Gasteiger partial charge in [0.15, 0.2) is 22.8 Å². The SMILES string of the molecule is CC1(C)OC[C@@]2(O1)C(F)(F)C=C[C@@H](OCc1ccccc1)[C@]2(C)O.CC1(C)OC[C@]2(O1)C(F)(F)C=C[C@H](OCc1ccccc1)[C@@]2(C)O. The van der Waals surface area contributed by atoms with Crippen molar-refractivity contribution in [2.24, 2.45) is 0 Å². The van der Waals surface area contributed by atoms with Crippen molar-refractivity contribution in [3.05, 3.63) is 96.1 Å². The fraction of sp³-hybridized carbons (Fsp3) is 0.556. The largest absolute Gasteiger partial charge is 0.384 e. The quantitative estimate of drug-likeness (QED) is 0.280. The summed E-state index contributed by atoms with van der Waals surface area (Å²) in [6, 6.07) is 18.7. The maximum Gasteiger partial charge on any atom is 0.300 e. The second-order valence-corrected chi connectivity index (χ2v) is 13.9. The minimum absolute atomic E-state index is 0.192. The molecule has 0 saturated carbocycles. The molecule has 0 radical (unpaired) electrons. The van der Waals surface area contributed by atoms with Crippen LogP contribution >= 0.6 is 0 Å². The Hall–Kier alpha value is -2.68. The Morgan fingerprint density at radius 2 is 0.938 bits per heavy atom. The number of halogens is 4. The van der Waals surface area contributed by atoms with Gasteiger partial charge in [-0.1, -0.05) is 72.8 Å². The molecule has 2 saturated heterocycles. The molecular formula is C36H44F4O8. The van der Waals surface area contributed by atoms with Gasteiger partial charge in [0, 0.05) is 0 Å². The fourth-order valence-electron chi connectivity index (χ4n) is 6.49. The topological polar surface area (TPSA) is 95.8 Å². The highest BCUT2D eigenvalue weighted by atomic mass is 19.3. The number of aliphatic hydroxyl groups is 2. The number of alkyl halides is 4. The van der Waals surface area contributed by atoms with Crippen LogP contribution in [0.25, 0.3) is 0 Å². The number of rotatable bonds is 6. The molecule has 2 aromatic carbocycles. The van der Waals surface area contributed by atoms with Gasteiger partial charge in [-0.05, 0) is 64.8 Å². The van der Waals surface area contributed by atoms with Crippen LogP contribution in [0.2, 0.25) is 0 Å². The summed E-state index contributed by atoms with van der Waals surface area (Å²) in [5, 5.41) is 21.9. The molecule has 2 spiro atoms. The van der Waals surface area contributed by atoms with Crippen molar-refractivity contribution >= 4 is 0 Å². The van der Waals surface area contributed by atoms with Crippen molar-refractivity contribution < 1.29 is 56.2 Å². The second kappa shape index (κ2) is 12.6. The first-order valence-corrected chi connectivity index (χ1v) is 15.8. The maximum absolute atomic E-state index is 14.6. The Morgan fingerprint density at radius 1 is 0.604 bits per heavy atom. The predicted molar refractivity (Wildman–Crippen MR) is 167 cm³/mol. The van der Waals surface area contributed by atoms with Gasteiger partial charge < -0.3 is 38.6 Å². The van der Waals surface area contributed by atoms with Crippen molar-refractivity contribution in [3.63, 3.8) is 0 Å². The van der Waals surface area contributed by atoms with Gasteiger partial charge in [-0.2, -0.15) is 17.6 Å². The predicted octanol–water partition coefficient (Wildman–Crippen LogP) is 6.10. The van der Waals surface area contributed by atoms with E-state index in [0.717, 1.165) is 23.3 Å². The molecule has 2 aromatic rings. The van der Waals surface area contributed by atoms with Crippen molar-refractivity contribution in [1.82, 2.24) is 0 Å². The van der Waals surface area contributed by atoms with Gasteiger partial charge >= 0.3 is 0 Å². The molecule has 4 aliphatic rings. The molecule has 8 nitrogen and oxygen atoms in total. The van der Waals surface area contributed by atoms with Crippen LogP contribution in [0, 0.1) is 0 Å². The first-order valence-electron chi connectivity index (χ1n) is 15.8. The molecule has 2 N–H and O–H groups in total. The van der Waals surface area contributed by atoms with E-state index in [1.165, 1.54) is 26.0 Å². The summed E-state index contributed by atoms with van der Waals surface area (Å²) < 4.78 is 91.8. The summed E-state index contributed by atoms with van der Waals surface area (Å²) in [6.45, 7) is 8.35. The van der Waals surface area contributed by atoms with E-state index in [1.54, 1.807) is 27.7 Å². The fourth-order valence-corrected chi connectivity index (χ4v) is 6.49. The molecule has 2 aliphatic carbocycles. The molecular weight excluding hydrogens is 636 g/mol. The van der Waals surface area contributed by atoms with Gasteiger partial charge in [0.05, 0.1) is 26.4 Å². The van der Waals surface area contributed by atoms with Crippen LogP contribution in [-0.4, -0.2) is 81.5 Å². The van der Waals surface area contributed by atoms with E-state index in [0.29, 0.717) is 0 Å². The molecule has 264 valence electrons. The van der Waals surface area contributed by atoms with Crippen molar-refractivity contribution in [2.45, 2.75) is 113 Å². The minimum atomic E-state index is -3.38. The van der Waals surface area contributed by atoms with Gasteiger partial charge in [-0.15, -0.1) is 0 Å². The zero-order chi connectivity index (χ0) is 35.3. The average molecular weight is 681 g/mol. The Labute approximate surface area is 278 Å². The third kappa shape index (κ3) is 6.49. The third-order valence-corrected chi connectivity index (χ3v) is 9.41. The Kier molecular flexibility index (Phi) is 9.59. The molecule has 6 atom stereocenters. The molecule has 6 rings (SSSR count). The maximum atomic E-state index is 14.6. The number of ether oxygens (including phenoxy) is 6. The van der Waals surface area contributed by atoms with E-state index in [2.05, 4.69) is 0 Å². The lowest BCUT2D eigenvalue weighted by atomic mass is 9.72. The third-order valence-electron chi connectivity index (χ3n) is 9.41. The second-order valence-electron chi connectivity index (χ2n) is 13.9. The lowest BCUT2D eigenvalue weighted by Crippen LogP contribution is -2.71. The van der Waals surface area contributed by atoms with Crippen LogP contribution in [0.4, 0.5) is 17.6 Å². The molecule has 48 heavy (non-hydrogen) atoms. The van der Waals surface area contributed by atoms with Crippen LogP contribution in [-0.2, 0) is 41.6 Å². The lowest BCUT2D eigenvalue weighted by Gasteiger charge is -2.50. The number of hydrogen-bond acceptors (Lipinski definition) is 8. The van der Waals surface area contributed by atoms with E-state index < -0.39 is 71.2 Å². The first-order chi connectivity index (χ1) is 22.2. The number of benzene rings is 2. The van der Waals surface area contributed by atoms with E-state index in [9.17, 15) is 27.8 Å². The molecule has 0 aromatic heterocycles. The van der Waals surface area contributed by atoms with Gasteiger partial charge in [0.25, 0.3) is 11.8 Å². The highest BCUT2D eigenvalue weighted by molar-refractivity contribution is 5.29. The molecule has 0 amide bonds. The summed E-state index contributed by atoms with van der Waals surface area (Å²) in [4.78, 5) is 0. The van der Waals surface area contributed by atoms with Crippen LogP contribution in [0.5, 0.6) is 0 Å². The Balaban J connectivity index is 0.000000188. The molecule has 2 fully saturated rings. The lowest BCUT2D eigenvalue weighted by molar-refractivity contribution is -0.297. The van der Waals surface area contributed by atoms with E-state index >= 15 is 0 Å². The molecule has 12 heteroatoms. The minimum Gasteiger partial charge on any atom is -0.384 e. The molecule has 0 bridgehead atoms. The summed E-state index contributed by atoms with van der Waals surface area (Å²) >= 11 is 0. The first kappa shape index (κ1) is 36.6. The number of hydrogen-bond donors (Lipinski definition) is 2. The zero-order valence-corrected chi connectivity index (χ0v) is 27.9. The van der Waals surface area contributed by atoms with E-state index in [-0.39, 0.29) is 13.2 Å². The van der Waals surface area contributed by atoms with Crippen LogP contribution < -0.4 is 0 Å². The summed E-state index contributed by atoms with van der Waals surface area (Å²) in [5.74, 6) is -9.17. The highest BCUT2D eigenvalue weighted by Crippen LogP contribution is 2.54. The summed E-state index contributed by atoms with van der Waals surface area (Å²) in [6.07, 6.45) is 1.98. The van der Waals surface area contributed by atoms with Gasteiger partial charge in [-0.25, -0.2) is 0 Å². The van der Waals surface area contributed by atoms with Crippen molar-refractivity contribution in [1.29, 1.82) is 0 Å². The summed E-state index contributed by atoms with van der Waals surface area (Å²) in [7, 11) is 0. The molecule has 2 heterocycles. The zero-order valence-electron chi connectivity index (χ0n) is 27.9. The van der Waals surface area contributed by atoms with Gasteiger partial charge in [0.1, 0.15) is 23.4 Å². The monoisotopic (exact) mass is 680 g/mol.